The van der Waals surface area contributed by atoms with Crippen LogP contribution in [0.15, 0.2) is 73.4 Å². The quantitative estimate of drug-likeness (QED) is 0.596. The van der Waals surface area contributed by atoms with Crippen molar-refractivity contribution in [1.29, 1.82) is 0 Å². The van der Waals surface area contributed by atoms with Gasteiger partial charge in [-0.2, -0.15) is 0 Å². The van der Waals surface area contributed by atoms with Crippen molar-refractivity contribution in [3.05, 3.63) is 90.3 Å². The van der Waals surface area contributed by atoms with E-state index in [2.05, 4.69) is 22.2 Å². The highest BCUT2D eigenvalue weighted by atomic mass is 16.1. The fraction of sp³-hybridized carbons (Fsp3) is 0.0476. The van der Waals surface area contributed by atoms with Gasteiger partial charge >= 0.3 is 0 Å². The van der Waals surface area contributed by atoms with Gasteiger partial charge in [0.25, 0.3) is 5.91 Å². The van der Waals surface area contributed by atoms with E-state index >= 15 is 0 Å². The Labute approximate surface area is 152 Å². The average Bonchev–Trinajstić information content (AvgIpc) is 3.14. The molecule has 0 saturated heterocycles. The zero-order valence-corrected chi connectivity index (χ0v) is 14.5. The highest BCUT2D eigenvalue weighted by Gasteiger charge is 2.07. The van der Waals surface area contributed by atoms with Gasteiger partial charge in [0.15, 0.2) is 0 Å². The standard InChI is InChI=1S/C16H14N2O2.C5H7N/c1-2-12-8-9-14(10-15(12)17-11-19)18-16(20)13-6-4-3-5-7-13;1-5-3-2-4-6-5/h2-11H,1H2,(H,17,19)(H,18,20);2-4,6H,1H3. The summed E-state index contributed by atoms with van der Waals surface area (Å²) >= 11 is 0. The van der Waals surface area contributed by atoms with Gasteiger partial charge in [0, 0.05) is 28.8 Å². The molecule has 132 valence electrons. The molecule has 3 aromatic rings. The van der Waals surface area contributed by atoms with Gasteiger partial charge in [0.1, 0.15) is 0 Å². The van der Waals surface area contributed by atoms with Crippen molar-refractivity contribution in [3.8, 4) is 0 Å². The smallest absolute Gasteiger partial charge is 0.255 e. The van der Waals surface area contributed by atoms with Crippen molar-refractivity contribution < 1.29 is 9.59 Å². The van der Waals surface area contributed by atoms with Crippen molar-refractivity contribution >= 4 is 29.8 Å². The van der Waals surface area contributed by atoms with Gasteiger partial charge in [-0.15, -0.1) is 0 Å². The van der Waals surface area contributed by atoms with Crippen LogP contribution < -0.4 is 10.6 Å². The van der Waals surface area contributed by atoms with Gasteiger partial charge in [-0.05, 0) is 48.9 Å². The number of amides is 2. The zero-order valence-electron chi connectivity index (χ0n) is 14.5. The summed E-state index contributed by atoms with van der Waals surface area (Å²) in [5.41, 5.74) is 3.78. The van der Waals surface area contributed by atoms with Crippen LogP contribution in [0.4, 0.5) is 11.4 Å². The zero-order chi connectivity index (χ0) is 18.8. The molecule has 5 nitrogen and oxygen atoms in total. The molecule has 1 heterocycles. The summed E-state index contributed by atoms with van der Waals surface area (Å²) in [5, 5.41) is 5.36. The Balaban J connectivity index is 0.000000342. The second kappa shape index (κ2) is 9.64. The number of rotatable bonds is 5. The highest BCUT2D eigenvalue weighted by molar-refractivity contribution is 6.04. The first-order valence-electron chi connectivity index (χ1n) is 8.07. The average molecular weight is 347 g/mol. The van der Waals surface area contributed by atoms with Gasteiger partial charge in [-0.25, -0.2) is 0 Å². The molecule has 3 N–H and O–H groups in total. The van der Waals surface area contributed by atoms with Crippen molar-refractivity contribution in [3.63, 3.8) is 0 Å². The number of carbonyl (C=O) groups is 2. The maximum atomic E-state index is 12.0. The summed E-state index contributed by atoms with van der Waals surface area (Å²) in [7, 11) is 0. The van der Waals surface area contributed by atoms with Crippen LogP contribution in [-0.4, -0.2) is 17.3 Å². The van der Waals surface area contributed by atoms with Crippen LogP contribution in [0.1, 0.15) is 21.6 Å². The molecule has 0 aliphatic rings. The SMILES string of the molecule is C=Cc1ccc(NC(=O)c2ccccc2)cc1NC=O.Cc1ccc[nH]1. The van der Waals surface area contributed by atoms with Crippen LogP contribution in [0.3, 0.4) is 0 Å². The van der Waals surface area contributed by atoms with E-state index in [-0.39, 0.29) is 5.91 Å². The van der Waals surface area contributed by atoms with E-state index in [0.29, 0.717) is 23.3 Å². The monoisotopic (exact) mass is 347 g/mol. The largest absolute Gasteiger partial charge is 0.365 e. The maximum absolute atomic E-state index is 12.0. The second-order valence-electron chi connectivity index (χ2n) is 5.44. The molecule has 5 heteroatoms. The normalized spacial score (nSPS) is 9.42. The van der Waals surface area contributed by atoms with Gasteiger partial charge in [0.05, 0.1) is 0 Å². The first-order valence-corrected chi connectivity index (χ1v) is 8.07. The molecule has 1 aromatic heterocycles. The van der Waals surface area contributed by atoms with E-state index in [1.807, 2.05) is 31.3 Å². The molecule has 2 amide bonds. The number of hydrogen-bond acceptors (Lipinski definition) is 2. The third-order valence-electron chi connectivity index (χ3n) is 3.53. The number of nitrogens with one attached hydrogen (secondary N) is 3. The van der Waals surface area contributed by atoms with Crippen LogP contribution >= 0.6 is 0 Å². The van der Waals surface area contributed by atoms with E-state index in [9.17, 15) is 9.59 Å². The van der Waals surface area contributed by atoms with Crippen LogP contribution in [0.25, 0.3) is 6.08 Å². The number of aromatic nitrogens is 1. The number of benzene rings is 2. The summed E-state index contributed by atoms with van der Waals surface area (Å²) in [6, 6.07) is 18.1. The number of anilines is 2. The third-order valence-corrected chi connectivity index (χ3v) is 3.53. The number of hydrogen-bond donors (Lipinski definition) is 3. The second-order valence-corrected chi connectivity index (χ2v) is 5.44. The number of H-pyrrole nitrogens is 1. The fourth-order valence-electron chi connectivity index (χ4n) is 2.21. The molecular formula is C21H21N3O2. The number of carbonyl (C=O) groups excluding carboxylic acids is 2. The topological polar surface area (TPSA) is 74.0 Å². The molecule has 26 heavy (non-hydrogen) atoms. The Morgan fingerprint density at radius 1 is 1.08 bits per heavy atom. The molecule has 0 aliphatic heterocycles. The first kappa shape index (κ1) is 18.7. The third kappa shape index (κ3) is 5.49. The van der Waals surface area contributed by atoms with E-state index in [0.717, 1.165) is 5.56 Å². The molecule has 0 spiro atoms. The van der Waals surface area contributed by atoms with E-state index < -0.39 is 0 Å². The Morgan fingerprint density at radius 2 is 1.85 bits per heavy atom. The van der Waals surface area contributed by atoms with E-state index in [1.165, 1.54) is 5.69 Å². The lowest BCUT2D eigenvalue weighted by molar-refractivity contribution is -0.105. The lowest BCUT2D eigenvalue weighted by Gasteiger charge is -2.09. The summed E-state index contributed by atoms with van der Waals surface area (Å²) in [6.45, 7) is 5.70. The summed E-state index contributed by atoms with van der Waals surface area (Å²) in [4.78, 5) is 25.6. The molecular weight excluding hydrogens is 326 g/mol. The number of aromatic amines is 1. The highest BCUT2D eigenvalue weighted by Crippen LogP contribution is 2.22. The summed E-state index contributed by atoms with van der Waals surface area (Å²) in [6.07, 6.45) is 4.13. The molecule has 2 aromatic carbocycles. The maximum Gasteiger partial charge on any atom is 0.255 e. The Morgan fingerprint density at radius 3 is 2.38 bits per heavy atom. The molecule has 0 radical (unpaired) electrons. The molecule has 0 fully saturated rings. The summed E-state index contributed by atoms with van der Waals surface area (Å²) in [5.74, 6) is -0.200. The predicted molar refractivity (Wildman–Crippen MR) is 106 cm³/mol. The number of aryl methyl sites for hydroxylation is 1. The molecule has 3 rings (SSSR count). The lowest BCUT2D eigenvalue weighted by atomic mass is 10.1. The van der Waals surface area contributed by atoms with Gasteiger partial charge < -0.3 is 15.6 Å². The van der Waals surface area contributed by atoms with Crippen LogP contribution in [-0.2, 0) is 4.79 Å². The molecule has 0 unspecified atom stereocenters. The minimum atomic E-state index is -0.200. The van der Waals surface area contributed by atoms with Crippen LogP contribution in [0.5, 0.6) is 0 Å². The Kier molecular flexibility index (Phi) is 6.94. The van der Waals surface area contributed by atoms with Crippen molar-refractivity contribution in [2.24, 2.45) is 0 Å². The minimum absolute atomic E-state index is 0.200. The van der Waals surface area contributed by atoms with Crippen LogP contribution in [0.2, 0.25) is 0 Å². The lowest BCUT2D eigenvalue weighted by Crippen LogP contribution is -2.12. The van der Waals surface area contributed by atoms with Gasteiger partial charge in [-0.1, -0.05) is 36.9 Å². The Bertz CT molecular complexity index is 856. The van der Waals surface area contributed by atoms with Gasteiger partial charge in [0.2, 0.25) is 6.41 Å². The minimum Gasteiger partial charge on any atom is -0.365 e. The van der Waals surface area contributed by atoms with Gasteiger partial charge in [-0.3, -0.25) is 9.59 Å². The molecule has 0 aliphatic carbocycles. The van der Waals surface area contributed by atoms with Crippen LogP contribution in [0, 0.1) is 6.92 Å². The fourth-order valence-corrected chi connectivity index (χ4v) is 2.21. The van der Waals surface area contributed by atoms with Crippen molar-refractivity contribution in [2.75, 3.05) is 10.6 Å². The first-order chi connectivity index (χ1) is 12.6. The molecule has 0 bridgehead atoms. The van der Waals surface area contributed by atoms with Crippen molar-refractivity contribution in [2.45, 2.75) is 6.92 Å². The Hall–Kier alpha value is -3.60. The van der Waals surface area contributed by atoms with Crippen molar-refractivity contribution in [1.82, 2.24) is 4.98 Å². The molecule has 0 atom stereocenters. The van der Waals surface area contributed by atoms with E-state index in [1.54, 1.807) is 48.5 Å². The summed E-state index contributed by atoms with van der Waals surface area (Å²) < 4.78 is 0. The predicted octanol–water partition coefficient (Wildman–Crippen LogP) is 4.47. The van der Waals surface area contributed by atoms with E-state index in [4.69, 9.17) is 0 Å². The molecule has 0 saturated carbocycles.